The maximum atomic E-state index is 11.6. The van der Waals surface area contributed by atoms with E-state index in [9.17, 15) is 4.79 Å². The Bertz CT molecular complexity index is 603. The number of esters is 1. The van der Waals surface area contributed by atoms with Crippen molar-refractivity contribution in [3.63, 3.8) is 0 Å². The summed E-state index contributed by atoms with van der Waals surface area (Å²) in [6.45, 7) is 2.34. The first kappa shape index (κ1) is 12.2. The predicted molar refractivity (Wildman–Crippen MR) is 75.9 cm³/mol. The van der Waals surface area contributed by atoms with E-state index >= 15 is 0 Å². The van der Waals surface area contributed by atoms with E-state index in [-0.39, 0.29) is 11.9 Å². The fraction of sp³-hybridized carbons (Fsp3) is 0.353. The Balaban J connectivity index is 1.68. The number of hydrogen-bond donors (Lipinski definition) is 0. The molecule has 98 valence electrons. The van der Waals surface area contributed by atoms with Gasteiger partial charge in [-0.2, -0.15) is 0 Å². The molecule has 0 amide bonds. The summed E-state index contributed by atoms with van der Waals surface area (Å²) < 4.78 is 5.07. The third-order valence-electron chi connectivity index (χ3n) is 3.82. The second kappa shape index (κ2) is 5.04. The molecule has 1 fully saturated rings. The van der Waals surface area contributed by atoms with E-state index in [1.165, 1.54) is 16.3 Å². The maximum absolute atomic E-state index is 11.6. The van der Waals surface area contributed by atoms with E-state index in [1.54, 1.807) is 0 Å². The van der Waals surface area contributed by atoms with Gasteiger partial charge in [0.15, 0.2) is 0 Å². The SMILES string of the molecule is CCOC(=O)C1CC1Cc1ccc2ccccc2c1. The highest BCUT2D eigenvalue weighted by molar-refractivity contribution is 5.83. The van der Waals surface area contributed by atoms with Crippen LogP contribution in [0.4, 0.5) is 0 Å². The molecule has 0 aliphatic heterocycles. The topological polar surface area (TPSA) is 26.3 Å². The molecule has 1 aliphatic carbocycles. The number of carbonyl (C=O) groups excluding carboxylic acids is 1. The van der Waals surface area contributed by atoms with Crippen LogP contribution in [0.25, 0.3) is 10.8 Å². The lowest BCUT2D eigenvalue weighted by atomic mass is 10.0. The van der Waals surface area contributed by atoms with E-state index in [2.05, 4.69) is 42.5 Å². The van der Waals surface area contributed by atoms with Gasteiger partial charge < -0.3 is 4.74 Å². The van der Waals surface area contributed by atoms with Gasteiger partial charge in [0.25, 0.3) is 0 Å². The van der Waals surface area contributed by atoms with Crippen molar-refractivity contribution in [2.45, 2.75) is 19.8 Å². The average molecular weight is 254 g/mol. The summed E-state index contributed by atoms with van der Waals surface area (Å²) in [7, 11) is 0. The molecule has 2 aromatic carbocycles. The van der Waals surface area contributed by atoms with Crippen LogP contribution in [-0.4, -0.2) is 12.6 Å². The lowest BCUT2D eigenvalue weighted by molar-refractivity contribution is -0.145. The highest BCUT2D eigenvalue weighted by Gasteiger charge is 2.43. The van der Waals surface area contributed by atoms with Crippen molar-refractivity contribution in [3.8, 4) is 0 Å². The van der Waals surface area contributed by atoms with Crippen LogP contribution in [-0.2, 0) is 16.0 Å². The maximum Gasteiger partial charge on any atom is 0.309 e. The molecule has 0 bridgehead atoms. The Morgan fingerprint density at radius 2 is 2.00 bits per heavy atom. The van der Waals surface area contributed by atoms with Crippen molar-refractivity contribution >= 4 is 16.7 Å². The second-order valence-corrected chi connectivity index (χ2v) is 5.24. The van der Waals surface area contributed by atoms with Crippen molar-refractivity contribution in [3.05, 3.63) is 48.0 Å². The first-order chi connectivity index (χ1) is 9.28. The number of benzene rings is 2. The van der Waals surface area contributed by atoms with Gasteiger partial charge in [-0.15, -0.1) is 0 Å². The van der Waals surface area contributed by atoms with Gasteiger partial charge in [0.2, 0.25) is 0 Å². The Kier molecular flexibility index (Phi) is 3.24. The molecule has 3 rings (SSSR count). The highest BCUT2D eigenvalue weighted by atomic mass is 16.5. The van der Waals surface area contributed by atoms with Crippen molar-refractivity contribution in [2.24, 2.45) is 11.8 Å². The quantitative estimate of drug-likeness (QED) is 0.779. The second-order valence-electron chi connectivity index (χ2n) is 5.24. The zero-order valence-electron chi connectivity index (χ0n) is 11.1. The van der Waals surface area contributed by atoms with Gasteiger partial charge in [-0.25, -0.2) is 0 Å². The first-order valence-electron chi connectivity index (χ1n) is 6.92. The Labute approximate surface area is 113 Å². The summed E-state index contributed by atoms with van der Waals surface area (Å²) in [5, 5.41) is 2.54. The lowest BCUT2D eigenvalue weighted by Crippen LogP contribution is -2.08. The first-order valence-corrected chi connectivity index (χ1v) is 6.92. The lowest BCUT2D eigenvalue weighted by Gasteiger charge is -2.04. The third-order valence-corrected chi connectivity index (χ3v) is 3.82. The van der Waals surface area contributed by atoms with E-state index in [1.807, 2.05) is 6.92 Å². The molecule has 0 saturated heterocycles. The molecule has 1 saturated carbocycles. The Hall–Kier alpha value is -1.83. The van der Waals surface area contributed by atoms with Crippen LogP contribution in [0.15, 0.2) is 42.5 Å². The molecule has 0 heterocycles. The Morgan fingerprint density at radius 1 is 1.21 bits per heavy atom. The van der Waals surface area contributed by atoms with Gasteiger partial charge >= 0.3 is 5.97 Å². The largest absolute Gasteiger partial charge is 0.466 e. The van der Waals surface area contributed by atoms with Crippen LogP contribution in [0.5, 0.6) is 0 Å². The molecule has 2 heteroatoms. The third kappa shape index (κ3) is 2.62. The zero-order valence-corrected chi connectivity index (χ0v) is 11.1. The standard InChI is InChI=1S/C17H18O2/c1-2-19-17(18)16-11-15(16)10-12-7-8-13-5-3-4-6-14(13)9-12/h3-9,15-16H,2,10-11H2,1H3. The molecule has 2 nitrogen and oxygen atoms in total. The van der Waals surface area contributed by atoms with Gasteiger partial charge in [-0.1, -0.05) is 42.5 Å². The molecule has 2 aromatic rings. The minimum absolute atomic E-state index is 0.0201. The molecule has 19 heavy (non-hydrogen) atoms. The minimum atomic E-state index is -0.0201. The molecule has 2 unspecified atom stereocenters. The van der Waals surface area contributed by atoms with Gasteiger partial charge in [0.1, 0.15) is 0 Å². The van der Waals surface area contributed by atoms with Gasteiger partial charge in [0, 0.05) is 0 Å². The summed E-state index contributed by atoms with van der Waals surface area (Å²) in [6.07, 6.45) is 1.96. The van der Waals surface area contributed by atoms with Crippen molar-refractivity contribution in [2.75, 3.05) is 6.61 Å². The molecule has 2 atom stereocenters. The summed E-state index contributed by atoms with van der Waals surface area (Å²) in [6, 6.07) is 14.9. The average Bonchev–Trinajstić information content (AvgIpc) is 3.18. The monoisotopic (exact) mass is 254 g/mol. The summed E-state index contributed by atoms with van der Waals surface area (Å²) in [5.74, 6) is 0.583. The van der Waals surface area contributed by atoms with Crippen LogP contribution in [0.1, 0.15) is 18.9 Å². The Morgan fingerprint density at radius 3 is 2.79 bits per heavy atom. The van der Waals surface area contributed by atoms with E-state index in [0.29, 0.717) is 12.5 Å². The molecule has 0 spiro atoms. The molecular weight excluding hydrogens is 236 g/mol. The van der Waals surface area contributed by atoms with E-state index < -0.39 is 0 Å². The highest BCUT2D eigenvalue weighted by Crippen LogP contribution is 2.42. The van der Waals surface area contributed by atoms with Crippen LogP contribution in [0.3, 0.4) is 0 Å². The molecule has 1 aliphatic rings. The number of carbonyl (C=O) groups is 1. The summed E-state index contributed by atoms with van der Waals surface area (Å²) >= 11 is 0. The zero-order chi connectivity index (χ0) is 13.2. The molecule has 0 radical (unpaired) electrons. The molecule has 0 aromatic heterocycles. The summed E-state index contributed by atoms with van der Waals surface area (Å²) in [4.78, 5) is 11.6. The molecular formula is C17H18O2. The van der Waals surface area contributed by atoms with Gasteiger partial charge in [-0.05, 0) is 42.0 Å². The van der Waals surface area contributed by atoms with Crippen LogP contribution in [0.2, 0.25) is 0 Å². The van der Waals surface area contributed by atoms with Crippen LogP contribution in [0, 0.1) is 11.8 Å². The summed E-state index contributed by atoms with van der Waals surface area (Å²) in [5.41, 5.74) is 1.32. The minimum Gasteiger partial charge on any atom is -0.466 e. The molecule has 0 N–H and O–H groups in total. The fourth-order valence-electron chi connectivity index (χ4n) is 2.68. The number of rotatable bonds is 4. The van der Waals surface area contributed by atoms with Crippen LogP contribution >= 0.6 is 0 Å². The smallest absolute Gasteiger partial charge is 0.309 e. The van der Waals surface area contributed by atoms with E-state index in [0.717, 1.165) is 12.8 Å². The normalized spacial score (nSPS) is 21.3. The predicted octanol–water partition coefficient (Wildman–Crippen LogP) is 3.58. The van der Waals surface area contributed by atoms with Gasteiger partial charge in [-0.3, -0.25) is 4.79 Å². The van der Waals surface area contributed by atoms with Crippen molar-refractivity contribution in [1.82, 2.24) is 0 Å². The fourth-order valence-corrected chi connectivity index (χ4v) is 2.68. The number of ether oxygens (including phenoxy) is 1. The van der Waals surface area contributed by atoms with Crippen molar-refractivity contribution < 1.29 is 9.53 Å². The number of hydrogen-bond acceptors (Lipinski definition) is 2. The van der Waals surface area contributed by atoms with Crippen molar-refractivity contribution in [1.29, 1.82) is 0 Å². The van der Waals surface area contributed by atoms with Gasteiger partial charge in [0.05, 0.1) is 12.5 Å². The number of fused-ring (bicyclic) bond motifs is 1. The van der Waals surface area contributed by atoms with Crippen LogP contribution < -0.4 is 0 Å². The van der Waals surface area contributed by atoms with E-state index in [4.69, 9.17) is 4.74 Å².